The Morgan fingerprint density at radius 3 is 2.40 bits per heavy atom. The van der Waals surface area contributed by atoms with Crippen molar-refractivity contribution in [1.82, 2.24) is 0 Å². The molecule has 0 aromatic heterocycles. The van der Waals surface area contributed by atoms with Gasteiger partial charge < -0.3 is 5.11 Å². The first-order chi connectivity index (χ1) is 9.32. The van der Waals surface area contributed by atoms with E-state index in [1.165, 1.54) is 0 Å². The normalized spacial score (nSPS) is 23.4. The molecule has 0 heterocycles. The number of carbonyl (C=O) groups excluding carboxylic acids is 1. The van der Waals surface area contributed by atoms with Crippen LogP contribution in [0, 0.1) is 0 Å². The summed E-state index contributed by atoms with van der Waals surface area (Å²) in [5.41, 5.74) is 0.702. The van der Waals surface area contributed by atoms with Crippen molar-refractivity contribution in [2.75, 3.05) is 0 Å². The summed E-state index contributed by atoms with van der Waals surface area (Å²) in [6.07, 6.45) is 2.06. The van der Waals surface area contributed by atoms with E-state index >= 15 is 0 Å². The van der Waals surface area contributed by atoms with Crippen LogP contribution in [-0.4, -0.2) is 16.2 Å². The molecule has 0 fully saturated rings. The molecule has 0 aliphatic heterocycles. The van der Waals surface area contributed by atoms with Gasteiger partial charge in [-0.3, -0.25) is 0 Å². The second-order valence-electron chi connectivity index (χ2n) is 5.45. The summed E-state index contributed by atoms with van der Waals surface area (Å²) in [6, 6.07) is 8.76. The summed E-state index contributed by atoms with van der Waals surface area (Å²) < 4.78 is 12.4. The lowest BCUT2D eigenvalue weighted by atomic mass is 9.84. The highest BCUT2D eigenvalue weighted by molar-refractivity contribution is 7.71. The third-order valence-electron chi connectivity index (χ3n) is 3.36. The van der Waals surface area contributed by atoms with Gasteiger partial charge in [-0.2, -0.15) is 0 Å². The minimum atomic E-state index is -2.11. The van der Waals surface area contributed by atoms with Crippen LogP contribution >= 0.6 is 7.80 Å². The van der Waals surface area contributed by atoms with E-state index in [9.17, 15) is 14.5 Å². The zero-order chi connectivity index (χ0) is 14.9. The van der Waals surface area contributed by atoms with E-state index in [1.54, 1.807) is 44.2 Å². The molecule has 1 aliphatic rings. The van der Waals surface area contributed by atoms with E-state index in [2.05, 4.69) is 0 Å². The van der Waals surface area contributed by atoms with E-state index in [0.717, 1.165) is 5.57 Å². The molecule has 2 rings (SSSR count). The van der Waals surface area contributed by atoms with Crippen LogP contribution in [0.25, 0.3) is 0 Å². The first kappa shape index (κ1) is 14.8. The van der Waals surface area contributed by atoms with Crippen LogP contribution in [0.3, 0.4) is 0 Å². The number of rotatable bonds is 3. The van der Waals surface area contributed by atoms with Crippen molar-refractivity contribution < 1.29 is 14.5 Å². The van der Waals surface area contributed by atoms with E-state index in [1.807, 2.05) is 13.0 Å². The highest BCUT2D eigenvalue weighted by Gasteiger charge is 2.39. The lowest BCUT2D eigenvalue weighted by Crippen LogP contribution is -2.27. The number of aliphatic hydroxyl groups is 1. The lowest BCUT2D eigenvalue weighted by Gasteiger charge is -2.26. The fourth-order valence-corrected chi connectivity index (χ4v) is 3.93. The number of hydrogen-bond acceptors (Lipinski definition) is 3. The zero-order valence-electron chi connectivity index (χ0n) is 11.9. The van der Waals surface area contributed by atoms with Crippen LogP contribution in [0.1, 0.15) is 27.2 Å². The molecule has 20 heavy (non-hydrogen) atoms. The van der Waals surface area contributed by atoms with Crippen LogP contribution < -0.4 is 5.30 Å². The topological polar surface area (TPSA) is 54.4 Å². The van der Waals surface area contributed by atoms with Gasteiger partial charge in [0.1, 0.15) is 0 Å². The second kappa shape index (κ2) is 5.43. The molecule has 1 N–H and O–H groups in total. The van der Waals surface area contributed by atoms with Crippen molar-refractivity contribution in [3.05, 3.63) is 53.1 Å². The van der Waals surface area contributed by atoms with Crippen molar-refractivity contribution in [3.63, 3.8) is 0 Å². The molecular formula is C16H18O3P+. The highest BCUT2D eigenvalue weighted by atomic mass is 31.1. The molecule has 0 amide bonds. The van der Waals surface area contributed by atoms with Gasteiger partial charge in [-0.05, 0) is 44.6 Å². The SMILES string of the molecule is CC1=CC(C)(O)CC(C)=C1C(=O)[P+](=O)c1ccccc1. The van der Waals surface area contributed by atoms with Crippen LogP contribution in [0.5, 0.6) is 0 Å². The van der Waals surface area contributed by atoms with Gasteiger partial charge in [-0.1, -0.05) is 28.3 Å². The Kier molecular flexibility index (Phi) is 4.03. The fourth-order valence-electron chi connectivity index (χ4n) is 2.68. The van der Waals surface area contributed by atoms with Crippen molar-refractivity contribution in [3.8, 4) is 0 Å². The minimum absolute atomic E-state index is 0.354. The third kappa shape index (κ3) is 2.95. The summed E-state index contributed by atoms with van der Waals surface area (Å²) >= 11 is 0. The first-order valence-corrected chi connectivity index (χ1v) is 7.76. The summed E-state index contributed by atoms with van der Waals surface area (Å²) in [4.78, 5) is 12.5. The smallest absolute Gasteiger partial charge is 0.386 e. The Morgan fingerprint density at radius 2 is 1.85 bits per heavy atom. The molecule has 4 heteroatoms. The average molecular weight is 289 g/mol. The van der Waals surface area contributed by atoms with E-state index < -0.39 is 13.4 Å². The molecule has 0 bridgehead atoms. The molecule has 2 atom stereocenters. The van der Waals surface area contributed by atoms with Gasteiger partial charge in [-0.25, -0.2) is 4.79 Å². The number of benzene rings is 1. The van der Waals surface area contributed by atoms with Crippen molar-refractivity contribution >= 4 is 18.6 Å². The summed E-state index contributed by atoms with van der Waals surface area (Å²) in [7, 11) is -2.11. The second-order valence-corrected chi connectivity index (χ2v) is 6.96. The molecule has 0 saturated carbocycles. The predicted octanol–water partition coefficient (Wildman–Crippen LogP) is 3.08. The molecule has 0 spiro atoms. The zero-order valence-corrected chi connectivity index (χ0v) is 12.8. The maximum absolute atomic E-state index is 12.5. The Balaban J connectivity index is 2.35. The van der Waals surface area contributed by atoms with Crippen molar-refractivity contribution in [1.29, 1.82) is 0 Å². The molecule has 1 aromatic carbocycles. The third-order valence-corrected chi connectivity index (χ3v) is 4.72. The van der Waals surface area contributed by atoms with Crippen molar-refractivity contribution in [2.45, 2.75) is 32.8 Å². The van der Waals surface area contributed by atoms with Gasteiger partial charge >= 0.3 is 13.3 Å². The van der Waals surface area contributed by atoms with Gasteiger partial charge in [0.15, 0.2) is 5.30 Å². The highest BCUT2D eigenvalue weighted by Crippen LogP contribution is 2.37. The summed E-state index contributed by atoms with van der Waals surface area (Å²) in [5.74, 6) is 0. The fraction of sp³-hybridized carbons (Fsp3) is 0.312. The summed E-state index contributed by atoms with van der Waals surface area (Å²) in [6.45, 7) is 5.30. The van der Waals surface area contributed by atoms with Gasteiger partial charge in [0.05, 0.1) is 11.2 Å². The molecule has 3 nitrogen and oxygen atoms in total. The quantitative estimate of drug-likeness (QED) is 0.870. The van der Waals surface area contributed by atoms with Crippen LogP contribution in [0.2, 0.25) is 0 Å². The average Bonchev–Trinajstić information content (AvgIpc) is 2.36. The monoisotopic (exact) mass is 289 g/mol. The Labute approximate surface area is 119 Å². The molecule has 1 aromatic rings. The van der Waals surface area contributed by atoms with Crippen LogP contribution in [0.15, 0.2) is 53.1 Å². The van der Waals surface area contributed by atoms with Crippen molar-refractivity contribution in [2.24, 2.45) is 0 Å². The van der Waals surface area contributed by atoms with Gasteiger partial charge in [0, 0.05) is 6.42 Å². The molecular weight excluding hydrogens is 271 g/mol. The minimum Gasteiger partial charge on any atom is -0.386 e. The lowest BCUT2D eigenvalue weighted by molar-refractivity contribution is -0.108. The van der Waals surface area contributed by atoms with E-state index in [-0.39, 0.29) is 5.52 Å². The number of carbonyl (C=O) groups is 1. The molecule has 1 aliphatic carbocycles. The summed E-state index contributed by atoms with van der Waals surface area (Å²) in [5, 5.41) is 10.6. The number of hydrogen-bond donors (Lipinski definition) is 1. The molecule has 2 unspecified atom stereocenters. The molecule has 0 radical (unpaired) electrons. The van der Waals surface area contributed by atoms with E-state index in [4.69, 9.17) is 0 Å². The Hall–Kier alpha value is -1.57. The number of allylic oxidation sites excluding steroid dienone is 2. The van der Waals surface area contributed by atoms with Crippen LogP contribution in [-0.2, 0) is 9.36 Å². The maximum Gasteiger partial charge on any atom is 0.458 e. The van der Waals surface area contributed by atoms with Crippen LogP contribution in [0.4, 0.5) is 0 Å². The predicted molar refractivity (Wildman–Crippen MR) is 80.4 cm³/mol. The maximum atomic E-state index is 12.5. The first-order valence-electron chi connectivity index (χ1n) is 6.50. The Bertz CT molecular complexity index is 624. The Morgan fingerprint density at radius 1 is 1.25 bits per heavy atom. The van der Waals surface area contributed by atoms with Gasteiger partial charge in [0.2, 0.25) is 0 Å². The van der Waals surface area contributed by atoms with Gasteiger partial charge in [0.25, 0.3) is 0 Å². The molecule has 104 valence electrons. The van der Waals surface area contributed by atoms with E-state index in [0.29, 0.717) is 22.9 Å². The van der Waals surface area contributed by atoms with Gasteiger partial charge in [-0.15, -0.1) is 0 Å². The largest absolute Gasteiger partial charge is 0.458 e. The standard InChI is InChI=1S/C16H18O3P/c1-11-9-16(3,18)10-12(2)14(11)15(17)20(19)13-7-5-4-6-8-13/h4-9,18H,10H2,1-3H3/q+1. The molecule has 0 saturated heterocycles.